The molecule has 0 aliphatic carbocycles. The molecule has 0 saturated carbocycles. The number of aromatic nitrogens is 4. The number of carbonyl (C=O) groups excluding carboxylic acids is 1. The van der Waals surface area contributed by atoms with Crippen molar-refractivity contribution in [3.8, 4) is 11.4 Å². The molecule has 0 radical (unpaired) electrons. The Hall–Kier alpha value is -3.77. The highest BCUT2D eigenvalue weighted by molar-refractivity contribution is 6.22. The minimum Gasteiger partial charge on any atom is -0.366 e. The van der Waals surface area contributed by atoms with Crippen LogP contribution in [0.4, 0.5) is 30.7 Å². The van der Waals surface area contributed by atoms with Crippen molar-refractivity contribution in [2.24, 2.45) is 5.73 Å². The number of primary amides is 1. The van der Waals surface area contributed by atoms with Crippen molar-refractivity contribution < 1.29 is 35.5 Å². The van der Waals surface area contributed by atoms with Crippen LogP contribution >= 0.6 is 0 Å². The van der Waals surface area contributed by atoms with Crippen LogP contribution in [0.2, 0.25) is 0 Å². The molecule has 0 unspecified atom stereocenters. The molecule has 2 heterocycles. The van der Waals surface area contributed by atoms with E-state index in [4.69, 9.17) is 5.73 Å². The Labute approximate surface area is 168 Å². The largest absolute Gasteiger partial charge is 0.416 e. The molecule has 1 aromatic carbocycles. The molecule has 3 rings (SSSR count). The van der Waals surface area contributed by atoms with Gasteiger partial charge < -0.3 is 5.73 Å². The van der Waals surface area contributed by atoms with Gasteiger partial charge in [-0.2, -0.15) is 30.7 Å². The van der Waals surface area contributed by atoms with Crippen LogP contribution in [-0.4, -0.2) is 25.7 Å². The normalized spacial score (nSPS) is 12.8. The summed E-state index contributed by atoms with van der Waals surface area (Å²) in [6.45, 7) is 0. The summed E-state index contributed by atoms with van der Waals surface area (Å²) in [6, 6.07) is 3.39. The second kappa shape index (κ2) is 7.81. The van der Waals surface area contributed by atoms with E-state index in [1.807, 2.05) is 0 Å². The fourth-order valence-corrected chi connectivity index (χ4v) is 2.54. The number of amides is 1. The third-order valence-corrected chi connectivity index (χ3v) is 3.93. The molecule has 1 amide bonds. The van der Waals surface area contributed by atoms with E-state index in [0.29, 0.717) is 12.1 Å². The minimum absolute atomic E-state index is 0.0310. The van der Waals surface area contributed by atoms with E-state index in [1.165, 1.54) is 12.1 Å². The highest BCUT2D eigenvalue weighted by Crippen LogP contribution is 2.38. The smallest absolute Gasteiger partial charge is 0.366 e. The molecule has 13 heteroatoms. The third-order valence-electron chi connectivity index (χ3n) is 3.93. The van der Waals surface area contributed by atoms with Gasteiger partial charge in [0.25, 0.3) is 5.91 Å². The summed E-state index contributed by atoms with van der Waals surface area (Å²) in [4.78, 5) is 18.7. The molecule has 2 N–H and O–H groups in total. The average Bonchev–Trinajstić information content (AvgIpc) is 3.14. The first-order valence-corrected chi connectivity index (χ1v) is 8.20. The summed E-state index contributed by atoms with van der Waals surface area (Å²) in [5.74, 6) is -2.61. The Morgan fingerprint density at radius 2 is 1.61 bits per heavy atom. The van der Waals surface area contributed by atoms with Crippen molar-refractivity contribution in [2.45, 2.75) is 12.4 Å². The lowest BCUT2D eigenvalue weighted by Gasteiger charge is -2.13. The van der Waals surface area contributed by atoms with E-state index < -0.39 is 52.3 Å². The molecule has 6 nitrogen and oxygen atoms in total. The Kier molecular flexibility index (Phi) is 5.53. The van der Waals surface area contributed by atoms with Crippen molar-refractivity contribution in [2.75, 3.05) is 0 Å². The molecule has 0 bridgehead atoms. The number of nitrogens with zero attached hydrogens (tertiary/aromatic N) is 4. The van der Waals surface area contributed by atoms with E-state index >= 15 is 0 Å². The summed E-state index contributed by atoms with van der Waals surface area (Å²) in [5, 5.41) is 3.75. The summed E-state index contributed by atoms with van der Waals surface area (Å²) >= 11 is 0. The van der Waals surface area contributed by atoms with Crippen molar-refractivity contribution in [1.82, 2.24) is 19.7 Å². The van der Waals surface area contributed by atoms with Gasteiger partial charge in [0.15, 0.2) is 5.82 Å². The minimum atomic E-state index is -5.05. The number of pyridine rings is 1. The average molecular weight is 445 g/mol. The Bertz CT molecular complexity index is 1130. The lowest BCUT2D eigenvalue weighted by Crippen LogP contribution is -2.15. The third kappa shape index (κ3) is 4.87. The second-order valence-electron chi connectivity index (χ2n) is 6.09. The summed E-state index contributed by atoms with van der Waals surface area (Å²) < 4.78 is 92.8. The first-order valence-electron chi connectivity index (χ1n) is 8.20. The molecule has 31 heavy (non-hydrogen) atoms. The van der Waals surface area contributed by atoms with Crippen LogP contribution in [0.3, 0.4) is 0 Å². The van der Waals surface area contributed by atoms with Gasteiger partial charge in [-0.25, -0.2) is 14.6 Å². The number of rotatable bonds is 4. The van der Waals surface area contributed by atoms with Gasteiger partial charge in [0.2, 0.25) is 5.95 Å². The predicted octanol–water partition coefficient (Wildman–Crippen LogP) is 4.00. The molecular formula is C18H10F7N5O. The first-order chi connectivity index (χ1) is 14.4. The van der Waals surface area contributed by atoms with Crippen LogP contribution in [0.15, 0.2) is 42.9 Å². The van der Waals surface area contributed by atoms with Crippen LogP contribution in [-0.2, 0) is 17.1 Å². The van der Waals surface area contributed by atoms with Gasteiger partial charge in [-0.3, -0.25) is 4.79 Å². The van der Waals surface area contributed by atoms with E-state index in [0.717, 1.165) is 23.4 Å². The molecule has 2 aromatic heterocycles. The molecule has 0 fully saturated rings. The van der Waals surface area contributed by atoms with Crippen molar-refractivity contribution in [3.05, 3.63) is 65.5 Å². The van der Waals surface area contributed by atoms with E-state index in [2.05, 4.69) is 15.1 Å². The Balaban J connectivity index is 2.08. The van der Waals surface area contributed by atoms with Crippen molar-refractivity contribution in [3.63, 3.8) is 0 Å². The summed E-state index contributed by atoms with van der Waals surface area (Å²) in [5.41, 5.74) is 0.887. The van der Waals surface area contributed by atoms with Gasteiger partial charge in [-0.15, -0.1) is 5.10 Å². The van der Waals surface area contributed by atoms with Gasteiger partial charge in [-0.1, -0.05) is 0 Å². The van der Waals surface area contributed by atoms with E-state index in [-0.39, 0.29) is 11.6 Å². The molecule has 0 atom stereocenters. The SMILES string of the molecule is NC(=O)/C(=C\n1cnc(-c2cc(C(F)(F)F)cc(C(F)(F)F)c2)n1)c1cccnc1F. The molecule has 162 valence electrons. The summed E-state index contributed by atoms with van der Waals surface area (Å²) in [7, 11) is 0. The van der Waals surface area contributed by atoms with Crippen LogP contribution in [0.5, 0.6) is 0 Å². The number of hydrogen-bond donors (Lipinski definition) is 1. The second-order valence-corrected chi connectivity index (χ2v) is 6.09. The molecule has 0 saturated heterocycles. The number of halogens is 7. The quantitative estimate of drug-likeness (QED) is 0.374. The number of benzene rings is 1. The van der Waals surface area contributed by atoms with Crippen molar-refractivity contribution in [1.29, 1.82) is 0 Å². The number of nitrogens with two attached hydrogens (primary N) is 1. The molecule has 0 spiro atoms. The number of hydrogen-bond acceptors (Lipinski definition) is 4. The van der Waals surface area contributed by atoms with E-state index in [1.54, 1.807) is 0 Å². The molecular weight excluding hydrogens is 435 g/mol. The molecule has 3 aromatic rings. The van der Waals surface area contributed by atoms with Gasteiger partial charge in [-0.05, 0) is 30.3 Å². The topological polar surface area (TPSA) is 86.7 Å². The highest BCUT2D eigenvalue weighted by Gasteiger charge is 2.37. The van der Waals surface area contributed by atoms with Crippen LogP contribution in [0.25, 0.3) is 23.2 Å². The zero-order valence-corrected chi connectivity index (χ0v) is 15.0. The highest BCUT2D eigenvalue weighted by atomic mass is 19.4. The zero-order chi connectivity index (χ0) is 23.0. The monoisotopic (exact) mass is 445 g/mol. The fraction of sp³-hybridized carbons (Fsp3) is 0.111. The zero-order valence-electron chi connectivity index (χ0n) is 15.0. The molecule has 0 aliphatic rings. The Morgan fingerprint density at radius 1 is 1.00 bits per heavy atom. The van der Waals surface area contributed by atoms with Crippen LogP contribution in [0, 0.1) is 5.95 Å². The van der Waals surface area contributed by atoms with E-state index in [9.17, 15) is 35.5 Å². The predicted molar refractivity (Wildman–Crippen MR) is 93.0 cm³/mol. The maximum absolute atomic E-state index is 13.9. The number of alkyl halides is 6. The van der Waals surface area contributed by atoms with Gasteiger partial charge in [0.1, 0.15) is 6.33 Å². The van der Waals surface area contributed by atoms with Gasteiger partial charge >= 0.3 is 12.4 Å². The van der Waals surface area contributed by atoms with Crippen LogP contribution in [0.1, 0.15) is 16.7 Å². The lowest BCUT2D eigenvalue weighted by molar-refractivity contribution is -0.143. The molecule has 0 aliphatic heterocycles. The Morgan fingerprint density at radius 3 is 2.13 bits per heavy atom. The lowest BCUT2D eigenvalue weighted by atomic mass is 10.0. The standard InChI is InChI=1S/C18H10F7N5O/c19-14-12(2-1-3-27-14)13(15(26)31)7-30-8-28-16(29-30)9-4-10(17(20,21)22)6-11(5-9)18(23,24)25/h1-8H,(H2,26,31)/b13-7-. The van der Waals surface area contributed by atoms with Gasteiger partial charge in [0, 0.05) is 23.5 Å². The number of carbonyl (C=O) groups is 1. The van der Waals surface area contributed by atoms with Crippen molar-refractivity contribution >= 4 is 17.7 Å². The van der Waals surface area contributed by atoms with Gasteiger partial charge in [0.05, 0.1) is 16.7 Å². The van der Waals surface area contributed by atoms with Crippen LogP contribution < -0.4 is 5.73 Å². The maximum Gasteiger partial charge on any atom is 0.416 e. The maximum atomic E-state index is 13.9. The summed E-state index contributed by atoms with van der Waals surface area (Å²) in [6.07, 6.45) is -7.15. The fourth-order valence-electron chi connectivity index (χ4n) is 2.54. The first kappa shape index (κ1) is 21.9.